The molecule has 0 amide bonds. The Morgan fingerprint density at radius 2 is 2.11 bits per heavy atom. The van der Waals surface area contributed by atoms with E-state index in [4.69, 9.17) is 9.84 Å². The van der Waals surface area contributed by atoms with Gasteiger partial charge in [0.15, 0.2) is 11.7 Å². The second-order valence-corrected chi connectivity index (χ2v) is 5.20. The second kappa shape index (κ2) is 5.91. The van der Waals surface area contributed by atoms with E-state index in [1.807, 2.05) is 0 Å². The van der Waals surface area contributed by atoms with E-state index in [-0.39, 0.29) is 11.1 Å². The van der Waals surface area contributed by atoms with Gasteiger partial charge in [-0.3, -0.25) is 4.79 Å². The Morgan fingerprint density at radius 3 is 2.58 bits per heavy atom. The van der Waals surface area contributed by atoms with Gasteiger partial charge in [-0.05, 0) is 39.3 Å². The number of Topliss-reactive ketones (excluding diaryl/α,β-unsaturated/α-hetero) is 1. The Labute approximate surface area is 113 Å². The summed E-state index contributed by atoms with van der Waals surface area (Å²) in [7, 11) is 0. The van der Waals surface area contributed by atoms with Crippen LogP contribution in [-0.2, 0) is 14.3 Å². The number of hydrogen-bond acceptors (Lipinski definition) is 4. The zero-order valence-corrected chi connectivity index (χ0v) is 11.9. The number of ether oxygens (including phenoxy) is 1. The SMILES string of the molecule is CCCN1/C(=C/C=C(/C(C)=O)C(=O)O)OCC1(C)C. The molecule has 0 unspecified atom stereocenters. The molecule has 19 heavy (non-hydrogen) atoms. The second-order valence-electron chi connectivity index (χ2n) is 5.20. The smallest absolute Gasteiger partial charge is 0.339 e. The lowest BCUT2D eigenvalue weighted by Crippen LogP contribution is -2.39. The fourth-order valence-electron chi connectivity index (χ4n) is 1.97. The molecule has 1 N–H and O–H groups in total. The zero-order valence-electron chi connectivity index (χ0n) is 11.9. The van der Waals surface area contributed by atoms with Crippen LogP contribution in [0.2, 0.25) is 0 Å². The van der Waals surface area contributed by atoms with Gasteiger partial charge in [0.05, 0.1) is 5.54 Å². The van der Waals surface area contributed by atoms with E-state index in [0.29, 0.717) is 12.5 Å². The van der Waals surface area contributed by atoms with Gasteiger partial charge in [-0.25, -0.2) is 4.79 Å². The van der Waals surface area contributed by atoms with Gasteiger partial charge < -0.3 is 14.7 Å². The van der Waals surface area contributed by atoms with Crippen LogP contribution < -0.4 is 0 Å². The zero-order chi connectivity index (χ0) is 14.6. The van der Waals surface area contributed by atoms with Crippen LogP contribution in [0.3, 0.4) is 0 Å². The maximum atomic E-state index is 11.2. The van der Waals surface area contributed by atoms with Crippen molar-refractivity contribution in [2.45, 2.75) is 39.7 Å². The van der Waals surface area contributed by atoms with Gasteiger partial charge in [0.2, 0.25) is 0 Å². The van der Waals surface area contributed by atoms with E-state index in [2.05, 4.69) is 25.7 Å². The molecular weight excluding hydrogens is 246 g/mol. The maximum Gasteiger partial charge on any atom is 0.339 e. The van der Waals surface area contributed by atoms with Crippen LogP contribution in [0.15, 0.2) is 23.6 Å². The molecule has 0 bridgehead atoms. The predicted octanol–water partition coefficient (Wildman–Crippen LogP) is 1.95. The van der Waals surface area contributed by atoms with Gasteiger partial charge in [0.25, 0.3) is 0 Å². The highest BCUT2D eigenvalue weighted by Gasteiger charge is 2.35. The molecule has 0 atom stereocenters. The third-order valence-corrected chi connectivity index (χ3v) is 3.02. The average molecular weight is 267 g/mol. The van der Waals surface area contributed by atoms with Crippen molar-refractivity contribution in [3.05, 3.63) is 23.6 Å². The van der Waals surface area contributed by atoms with Crippen molar-refractivity contribution >= 4 is 11.8 Å². The maximum absolute atomic E-state index is 11.2. The van der Waals surface area contributed by atoms with Gasteiger partial charge >= 0.3 is 5.97 Å². The molecule has 106 valence electrons. The number of nitrogens with zero attached hydrogens (tertiary/aromatic N) is 1. The summed E-state index contributed by atoms with van der Waals surface area (Å²) in [5.74, 6) is -1.07. The monoisotopic (exact) mass is 267 g/mol. The van der Waals surface area contributed by atoms with Crippen LogP contribution in [0.1, 0.15) is 34.1 Å². The molecule has 0 aliphatic carbocycles. The van der Waals surface area contributed by atoms with Crippen LogP contribution in [0, 0.1) is 0 Å². The van der Waals surface area contributed by atoms with Crippen molar-refractivity contribution in [2.75, 3.05) is 13.2 Å². The molecule has 0 radical (unpaired) electrons. The standard InChI is InChI=1S/C14H21NO4/c1-5-8-15-12(19-9-14(15,3)4)7-6-11(10(2)16)13(17)18/h6-7H,5,8-9H2,1-4H3,(H,17,18)/b11-6-,12-7-. The number of hydrogen-bond donors (Lipinski definition) is 1. The first-order valence-corrected chi connectivity index (χ1v) is 6.36. The van der Waals surface area contributed by atoms with Crippen LogP contribution in [0.5, 0.6) is 0 Å². The molecule has 5 heteroatoms. The molecule has 0 aromatic carbocycles. The average Bonchev–Trinajstić information content (AvgIpc) is 2.56. The molecule has 5 nitrogen and oxygen atoms in total. The number of carboxylic acid groups (broad SMARTS) is 1. The topological polar surface area (TPSA) is 66.8 Å². The molecule has 1 aliphatic rings. The number of allylic oxidation sites excluding steroid dienone is 2. The molecule has 1 saturated heterocycles. The lowest BCUT2D eigenvalue weighted by molar-refractivity contribution is -0.134. The van der Waals surface area contributed by atoms with Crippen molar-refractivity contribution < 1.29 is 19.4 Å². The van der Waals surface area contributed by atoms with Crippen LogP contribution in [0.25, 0.3) is 0 Å². The Morgan fingerprint density at radius 1 is 1.47 bits per heavy atom. The highest BCUT2D eigenvalue weighted by molar-refractivity contribution is 6.15. The summed E-state index contributed by atoms with van der Waals surface area (Å²) in [5.41, 5.74) is -0.354. The summed E-state index contributed by atoms with van der Waals surface area (Å²) in [6.45, 7) is 8.82. The molecule has 0 saturated carbocycles. The third kappa shape index (κ3) is 3.59. The lowest BCUT2D eigenvalue weighted by atomic mass is 10.1. The third-order valence-electron chi connectivity index (χ3n) is 3.02. The van der Waals surface area contributed by atoms with Crippen molar-refractivity contribution in [3.8, 4) is 0 Å². The number of carbonyl (C=O) groups excluding carboxylic acids is 1. The summed E-state index contributed by atoms with van der Waals surface area (Å²) in [6.07, 6.45) is 3.84. The van der Waals surface area contributed by atoms with Gasteiger partial charge in [-0.1, -0.05) is 6.92 Å². The molecule has 0 spiro atoms. The number of carboxylic acids is 1. The first-order chi connectivity index (χ1) is 8.79. The van der Waals surface area contributed by atoms with Gasteiger partial charge in [-0.2, -0.15) is 0 Å². The van der Waals surface area contributed by atoms with E-state index >= 15 is 0 Å². The molecular formula is C14H21NO4. The van der Waals surface area contributed by atoms with Crippen LogP contribution >= 0.6 is 0 Å². The summed E-state index contributed by atoms with van der Waals surface area (Å²) < 4.78 is 5.58. The molecule has 1 fully saturated rings. The minimum absolute atomic E-state index is 0.116. The molecule has 0 aromatic heterocycles. The first kappa shape index (κ1) is 15.3. The molecule has 1 heterocycles. The van der Waals surface area contributed by atoms with E-state index in [0.717, 1.165) is 13.0 Å². The summed E-state index contributed by atoms with van der Waals surface area (Å²) in [4.78, 5) is 24.2. The molecule has 0 aromatic rings. The minimum Gasteiger partial charge on any atom is -0.478 e. The Bertz CT molecular complexity index is 419. The summed E-state index contributed by atoms with van der Waals surface area (Å²) in [6, 6.07) is 0. The van der Waals surface area contributed by atoms with Gasteiger partial charge in [-0.15, -0.1) is 0 Å². The first-order valence-electron chi connectivity index (χ1n) is 6.36. The van der Waals surface area contributed by atoms with Crippen LogP contribution in [0.4, 0.5) is 0 Å². The van der Waals surface area contributed by atoms with E-state index < -0.39 is 11.8 Å². The van der Waals surface area contributed by atoms with Crippen molar-refractivity contribution in [1.29, 1.82) is 0 Å². The molecule has 1 aliphatic heterocycles. The fourth-order valence-corrected chi connectivity index (χ4v) is 1.97. The molecule has 1 rings (SSSR count). The summed E-state index contributed by atoms with van der Waals surface area (Å²) >= 11 is 0. The van der Waals surface area contributed by atoms with Gasteiger partial charge in [0.1, 0.15) is 12.2 Å². The number of ketones is 1. The Hall–Kier alpha value is -1.78. The quantitative estimate of drug-likeness (QED) is 0.468. The minimum atomic E-state index is -1.22. The highest BCUT2D eigenvalue weighted by Crippen LogP contribution is 2.29. The number of rotatable bonds is 5. The van der Waals surface area contributed by atoms with Crippen molar-refractivity contribution in [2.24, 2.45) is 0 Å². The van der Waals surface area contributed by atoms with E-state index in [1.54, 1.807) is 6.08 Å². The fraction of sp³-hybridized carbons (Fsp3) is 0.571. The van der Waals surface area contributed by atoms with Crippen LogP contribution in [-0.4, -0.2) is 40.4 Å². The van der Waals surface area contributed by atoms with Crippen molar-refractivity contribution in [1.82, 2.24) is 4.90 Å². The predicted molar refractivity (Wildman–Crippen MR) is 71.5 cm³/mol. The van der Waals surface area contributed by atoms with Gasteiger partial charge in [0, 0.05) is 6.54 Å². The van der Waals surface area contributed by atoms with E-state index in [9.17, 15) is 9.59 Å². The summed E-state index contributed by atoms with van der Waals surface area (Å²) in [5, 5.41) is 8.92. The van der Waals surface area contributed by atoms with Crippen molar-refractivity contribution in [3.63, 3.8) is 0 Å². The lowest BCUT2D eigenvalue weighted by Gasteiger charge is -2.30. The normalized spacial score (nSPS) is 20.5. The Kier molecular flexibility index (Phi) is 4.75. The Balaban J connectivity index is 3.01. The largest absolute Gasteiger partial charge is 0.478 e. The van der Waals surface area contributed by atoms with E-state index in [1.165, 1.54) is 13.0 Å². The number of carbonyl (C=O) groups is 2. The number of aliphatic carboxylic acids is 1. The highest BCUT2D eigenvalue weighted by atomic mass is 16.5.